The predicted octanol–water partition coefficient (Wildman–Crippen LogP) is 0.367. The molecular formula is C19H37N2NaO3. The number of hydrogen-bond donors (Lipinski definition) is 2. The first-order valence-electron chi connectivity index (χ1n) is 9.61. The number of unbranched alkanes of at least 4 members (excludes halogenated alkanes) is 8. The maximum Gasteiger partial charge on any atom is 1.00 e. The number of nitrogens with one attached hydrogen (secondary N) is 1. The van der Waals surface area contributed by atoms with Crippen LogP contribution in [-0.2, 0) is 4.79 Å². The van der Waals surface area contributed by atoms with E-state index in [0.717, 1.165) is 13.0 Å². The van der Waals surface area contributed by atoms with Crippen molar-refractivity contribution >= 4 is 11.9 Å². The minimum atomic E-state index is -1.07. The van der Waals surface area contributed by atoms with Gasteiger partial charge in [-0.15, -0.1) is 0 Å². The summed E-state index contributed by atoms with van der Waals surface area (Å²) in [5, 5.41) is 24.2. The molecular weight excluding hydrogens is 327 g/mol. The molecule has 0 rings (SSSR count). The zero-order valence-corrected chi connectivity index (χ0v) is 19.0. The number of aliphatic carboxylic acids is 1. The van der Waals surface area contributed by atoms with E-state index >= 15 is 0 Å². The zero-order chi connectivity index (χ0) is 18.4. The van der Waals surface area contributed by atoms with Crippen molar-refractivity contribution in [1.82, 2.24) is 5.32 Å². The fourth-order valence-corrected chi connectivity index (χ4v) is 2.63. The Morgan fingerprint density at radius 2 is 1.48 bits per heavy atom. The summed E-state index contributed by atoms with van der Waals surface area (Å²) in [4.78, 5) is 14.6. The van der Waals surface area contributed by atoms with Gasteiger partial charge in [-0.2, -0.15) is 0 Å². The van der Waals surface area contributed by atoms with Crippen molar-refractivity contribution < 1.29 is 44.6 Å². The smallest absolute Gasteiger partial charge is 0.861 e. The van der Waals surface area contributed by atoms with Gasteiger partial charge in [-0.25, -0.2) is 4.79 Å². The monoisotopic (exact) mass is 364 g/mol. The molecule has 0 aliphatic heterocycles. The van der Waals surface area contributed by atoms with E-state index in [4.69, 9.17) is 5.11 Å². The fourth-order valence-electron chi connectivity index (χ4n) is 2.63. The van der Waals surface area contributed by atoms with E-state index < -0.39 is 12.0 Å². The molecule has 25 heavy (non-hydrogen) atoms. The van der Waals surface area contributed by atoms with Crippen molar-refractivity contribution in [3.8, 4) is 0 Å². The minimum absolute atomic E-state index is 0. The van der Waals surface area contributed by atoms with Crippen molar-refractivity contribution in [1.29, 1.82) is 0 Å². The second-order valence-electron chi connectivity index (χ2n) is 6.99. The van der Waals surface area contributed by atoms with E-state index in [9.17, 15) is 9.90 Å². The summed E-state index contributed by atoms with van der Waals surface area (Å²) >= 11 is 0. The molecule has 0 aliphatic rings. The van der Waals surface area contributed by atoms with E-state index in [1.54, 1.807) is 0 Å². The Hall–Kier alpha value is -0.100. The van der Waals surface area contributed by atoms with Gasteiger partial charge < -0.3 is 15.5 Å². The van der Waals surface area contributed by atoms with E-state index in [1.807, 2.05) is 13.8 Å². The molecule has 0 heterocycles. The normalized spacial score (nSPS) is 14.2. The number of carbonyl (C=O) groups is 1. The van der Waals surface area contributed by atoms with Gasteiger partial charge in [-0.05, 0) is 31.7 Å². The van der Waals surface area contributed by atoms with Gasteiger partial charge >= 0.3 is 35.5 Å². The second kappa shape index (κ2) is 17.3. The fraction of sp³-hybridized carbons (Fsp3) is 0.895. The largest absolute Gasteiger partial charge is 1.00 e. The van der Waals surface area contributed by atoms with Gasteiger partial charge in [0.25, 0.3) is 0 Å². The molecule has 0 aromatic heterocycles. The minimum Gasteiger partial charge on any atom is -0.861 e. The molecule has 0 saturated heterocycles. The Kier molecular flexibility index (Phi) is 18.8. The molecule has 5 nitrogen and oxygen atoms in total. The molecule has 0 saturated carbocycles. The number of rotatable bonds is 15. The first-order valence-corrected chi connectivity index (χ1v) is 9.61. The number of aliphatic imine (C=N–C) groups is 1. The predicted molar refractivity (Wildman–Crippen MR) is 98.4 cm³/mol. The summed E-state index contributed by atoms with van der Waals surface area (Å²) in [5.74, 6) is -1.32. The zero-order valence-electron chi connectivity index (χ0n) is 17.0. The molecule has 0 spiro atoms. The first kappa shape index (κ1) is 27.1. The Morgan fingerprint density at radius 3 is 1.92 bits per heavy atom. The maximum absolute atomic E-state index is 12.1. The molecule has 0 unspecified atom stereocenters. The van der Waals surface area contributed by atoms with Gasteiger partial charge in [0.05, 0.1) is 0 Å². The van der Waals surface area contributed by atoms with Gasteiger partial charge in [0, 0.05) is 6.04 Å². The molecule has 0 bridgehead atoms. The van der Waals surface area contributed by atoms with Crippen molar-refractivity contribution in [3.63, 3.8) is 0 Å². The molecule has 0 radical (unpaired) electrons. The summed E-state index contributed by atoms with van der Waals surface area (Å²) in [6.45, 7) is 8.34. The quantitative estimate of drug-likeness (QED) is 0.190. The molecule has 0 aromatic carbocycles. The molecule has 0 aliphatic carbocycles. The van der Waals surface area contributed by atoms with Crippen LogP contribution in [0.3, 0.4) is 0 Å². The molecule has 6 heteroatoms. The van der Waals surface area contributed by atoms with E-state index in [-0.39, 0.29) is 47.4 Å². The van der Waals surface area contributed by atoms with Crippen LogP contribution in [0.2, 0.25) is 0 Å². The number of carboxylic acid groups (broad SMARTS) is 1. The van der Waals surface area contributed by atoms with Crippen LogP contribution in [0.5, 0.6) is 0 Å². The van der Waals surface area contributed by atoms with Gasteiger partial charge in [0.15, 0.2) is 0 Å². The SMILES string of the molecule is CCCCCCCCCCCN[C@H](C([O-])=N[C@@H](C)C(=O)O)C(C)C.[Na+]. The van der Waals surface area contributed by atoms with Gasteiger partial charge in [-0.1, -0.05) is 72.1 Å². The van der Waals surface area contributed by atoms with Crippen LogP contribution in [0.15, 0.2) is 4.99 Å². The third-order valence-corrected chi connectivity index (χ3v) is 4.26. The molecule has 0 aromatic rings. The average Bonchev–Trinajstić information content (AvgIpc) is 2.51. The van der Waals surface area contributed by atoms with Gasteiger partial charge in [-0.3, -0.25) is 4.99 Å². The topological polar surface area (TPSA) is 84.8 Å². The van der Waals surface area contributed by atoms with Crippen LogP contribution in [0.1, 0.15) is 85.5 Å². The van der Waals surface area contributed by atoms with Crippen LogP contribution >= 0.6 is 0 Å². The van der Waals surface area contributed by atoms with Crippen molar-refractivity contribution in [2.75, 3.05) is 6.54 Å². The van der Waals surface area contributed by atoms with Crippen LogP contribution < -0.4 is 40.0 Å². The summed E-state index contributed by atoms with van der Waals surface area (Å²) in [6, 6.07) is -1.37. The van der Waals surface area contributed by atoms with E-state index in [2.05, 4.69) is 17.2 Å². The van der Waals surface area contributed by atoms with Crippen molar-refractivity contribution in [2.45, 2.75) is 97.6 Å². The first-order chi connectivity index (χ1) is 11.4. The Balaban J connectivity index is 0. The van der Waals surface area contributed by atoms with E-state index in [1.165, 1.54) is 58.3 Å². The Morgan fingerprint density at radius 1 is 1.00 bits per heavy atom. The number of carboxylic acids is 1. The van der Waals surface area contributed by atoms with Crippen molar-refractivity contribution in [2.24, 2.45) is 10.9 Å². The molecule has 2 N–H and O–H groups in total. The summed E-state index contributed by atoms with van der Waals surface area (Å²) in [7, 11) is 0. The molecule has 0 fully saturated rings. The molecule has 0 amide bonds. The van der Waals surface area contributed by atoms with E-state index in [0.29, 0.717) is 0 Å². The van der Waals surface area contributed by atoms with Crippen LogP contribution in [0.4, 0.5) is 0 Å². The average molecular weight is 365 g/mol. The van der Waals surface area contributed by atoms with Crippen LogP contribution in [0, 0.1) is 5.92 Å². The third kappa shape index (κ3) is 14.7. The maximum atomic E-state index is 12.1. The van der Waals surface area contributed by atoms with Crippen LogP contribution in [0.25, 0.3) is 0 Å². The van der Waals surface area contributed by atoms with Crippen LogP contribution in [-0.4, -0.2) is 35.6 Å². The van der Waals surface area contributed by atoms with Gasteiger partial charge in [0.1, 0.15) is 6.04 Å². The molecule has 142 valence electrons. The second-order valence-corrected chi connectivity index (χ2v) is 6.99. The molecule has 2 atom stereocenters. The number of hydrogen-bond acceptors (Lipinski definition) is 4. The summed E-state index contributed by atoms with van der Waals surface area (Å²) in [5.41, 5.74) is 0. The summed E-state index contributed by atoms with van der Waals surface area (Å²) < 4.78 is 0. The van der Waals surface area contributed by atoms with Gasteiger partial charge in [0.2, 0.25) is 0 Å². The van der Waals surface area contributed by atoms with Crippen molar-refractivity contribution in [3.05, 3.63) is 0 Å². The Labute approximate surface area is 176 Å². The Bertz CT molecular complexity index is 363. The summed E-state index contributed by atoms with van der Waals surface area (Å²) in [6.07, 6.45) is 11.4. The standard InChI is InChI=1S/C19H38N2O3.Na/c1-5-6-7-8-9-10-11-12-13-14-20-17(15(2)3)18(22)21-16(4)19(23)24;/h15-17,20H,5-14H2,1-4H3,(H,21,22)(H,23,24);/q;+1/p-1/t16-,17-;/m0./s1. The third-order valence-electron chi connectivity index (χ3n) is 4.26. The number of nitrogens with zero attached hydrogens (tertiary/aromatic N) is 1.